The largest absolute Gasteiger partial charge is 0.462 e. The maximum atomic E-state index is 14.9. The second-order valence-corrected chi connectivity index (χ2v) is 25.4. The number of oxime groups is 1. The van der Waals surface area contributed by atoms with Gasteiger partial charge in [-0.3, -0.25) is 4.79 Å². The minimum absolute atomic E-state index is 0.0400. The summed E-state index contributed by atoms with van der Waals surface area (Å²) in [6, 6.07) is 0. The predicted molar refractivity (Wildman–Crippen MR) is 282 cm³/mol. The molecule has 8 rings (SSSR count). The number of fused-ring (bicyclic) bond motifs is 2. The molecule has 2 aliphatic carbocycles. The van der Waals surface area contributed by atoms with Crippen LogP contribution >= 0.6 is 31.9 Å². The number of rotatable bonds is 11. The Hall–Kier alpha value is -2.43. The van der Waals surface area contributed by atoms with E-state index in [-0.39, 0.29) is 53.9 Å². The van der Waals surface area contributed by atoms with Crippen molar-refractivity contribution >= 4 is 49.5 Å². The highest BCUT2D eigenvalue weighted by molar-refractivity contribution is 9.28. The Labute approximate surface area is 453 Å². The predicted octanol–water partition coefficient (Wildman–Crippen LogP) is 8.82. The Bertz CT molecular complexity index is 2280. The normalized spacial score (nSPS) is 46.0. The minimum Gasteiger partial charge on any atom is -0.462 e. The van der Waals surface area contributed by atoms with E-state index in [0.29, 0.717) is 36.8 Å². The van der Waals surface area contributed by atoms with Crippen molar-refractivity contribution < 1.29 is 72.0 Å². The first-order valence-electron chi connectivity index (χ1n) is 26.5. The fraction of sp³-hybridized carbons (Fsp3) is 0.732. The fourth-order valence-electron chi connectivity index (χ4n) is 12.3. The quantitative estimate of drug-likeness (QED) is 0.0864. The number of methoxy groups -OCH3 is 2. The summed E-state index contributed by atoms with van der Waals surface area (Å²) in [5.41, 5.74) is -0.239. The first kappa shape index (κ1) is 57.7. The topological polar surface area (TPSA) is 188 Å². The van der Waals surface area contributed by atoms with Gasteiger partial charge in [-0.2, -0.15) is 0 Å². The van der Waals surface area contributed by atoms with E-state index in [0.717, 1.165) is 15.4 Å². The molecule has 21 atom stereocenters. The average molecular weight is 1170 g/mol. The van der Waals surface area contributed by atoms with Gasteiger partial charge in [-0.05, 0) is 106 Å². The molecule has 5 fully saturated rings. The summed E-state index contributed by atoms with van der Waals surface area (Å²) in [6.45, 7) is 20.0. The monoisotopic (exact) mass is 1160 g/mol. The maximum absolute atomic E-state index is 14.9. The lowest BCUT2D eigenvalue weighted by Crippen LogP contribution is -2.57. The molecule has 6 aliphatic heterocycles. The van der Waals surface area contributed by atoms with Gasteiger partial charge in [-0.25, -0.2) is 4.79 Å². The highest BCUT2D eigenvalue weighted by Gasteiger charge is 2.63. The lowest BCUT2D eigenvalue weighted by molar-refractivity contribution is -0.318. The number of ether oxygens (including phenoxy) is 10. The molecule has 4 saturated heterocycles. The summed E-state index contributed by atoms with van der Waals surface area (Å²) in [5, 5.41) is 28.1. The fourth-order valence-corrected chi connectivity index (χ4v) is 12.8. The molecule has 0 unspecified atom stereocenters. The third-order valence-electron chi connectivity index (χ3n) is 17.0. The molecule has 412 valence electrons. The number of nitrogens with zero attached hydrogens (tertiary/aromatic N) is 1. The van der Waals surface area contributed by atoms with Gasteiger partial charge in [0.15, 0.2) is 18.4 Å². The molecule has 16 nitrogen and oxygen atoms in total. The van der Waals surface area contributed by atoms with E-state index in [1.807, 2.05) is 52.0 Å². The highest BCUT2D eigenvalue weighted by Crippen LogP contribution is 2.60. The molecule has 0 aromatic carbocycles. The van der Waals surface area contributed by atoms with Crippen LogP contribution in [0, 0.1) is 40.9 Å². The smallest absolute Gasteiger partial charge is 0.339 e. The number of halogens is 2. The van der Waals surface area contributed by atoms with Crippen LogP contribution in [0.15, 0.2) is 73.9 Å². The number of hydrogen-bond donors (Lipinski definition) is 2. The number of aliphatic hydroxyl groups excluding tert-OH is 1. The summed E-state index contributed by atoms with van der Waals surface area (Å²) >= 11 is 6.83. The summed E-state index contributed by atoms with van der Waals surface area (Å²) in [6.07, 6.45) is 10.9. The van der Waals surface area contributed by atoms with Crippen LogP contribution in [0.25, 0.3) is 0 Å². The standard InChI is InChI=1S/C56H79Br2NO15/c1-13-28(2)49-31(5)19-20-55(73-49)26-37-22-36(72-55)18-17-30(4)48(70-44-25-41(65-12)50(34(8)68-44)71-43-24-40(64-11)47(60)33(7)67-43)29(3)15-14-16-35-27-66-51-46(32(6)21-39(52(61)69-37)56(35,51)63)59-74-53(62)45-38(23-42(57)58)54(45,9)10/h14-17,19-21,23,28-29,31,33-34,36-41,43-45,47-51,60,63H,13,18,22,24-27H2,1-12H3/b15-14+,30-17+,35-16+,59-46-/t28-,29-,31-,33-,34-,36+,37-,38-,39-,40-,41-,43-,44-,45-,47-,48-,49+,50-,51+,55+,56+/m0/s1. The van der Waals surface area contributed by atoms with Crippen LogP contribution in [-0.2, 0) is 61.8 Å². The molecule has 0 radical (unpaired) electrons. The van der Waals surface area contributed by atoms with Crippen molar-refractivity contribution in [3.63, 3.8) is 0 Å². The molecule has 18 heteroatoms. The number of carbonyl (C=O) groups excluding carboxylic acids is 2. The van der Waals surface area contributed by atoms with E-state index in [1.54, 1.807) is 40.2 Å². The third kappa shape index (κ3) is 11.9. The molecule has 74 heavy (non-hydrogen) atoms. The molecule has 1 spiro atoms. The lowest BCUT2D eigenvalue weighted by Gasteiger charge is -2.48. The van der Waals surface area contributed by atoms with Gasteiger partial charge in [-0.1, -0.05) is 95.7 Å². The number of hydrogen-bond acceptors (Lipinski definition) is 16. The number of allylic oxidation sites excluding steroid dienone is 3. The molecular formula is C56H79Br2NO15. The molecule has 0 aromatic rings. The van der Waals surface area contributed by atoms with Crippen LogP contribution < -0.4 is 0 Å². The third-order valence-corrected chi connectivity index (χ3v) is 17.6. The Morgan fingerprint density at radius 2 is 1.66 bits per heavy atom. The zero-order chi connectivity index (χ0) is 53.6. The van der Waals surface area contributed by atoms with Crippen molar-refractivity contribution in [2.24, 2.45) is 46.1 Å². The van der Waals surface area contributed by atoms with Crippen LogP contribution in [0.4, 0.5) is 0 Å². The van der Waals surface area contributed by atoms with Crippen LogP contribution in [-0.4, -0.2) is 140 Å². The summed E-state index contributed by atoms with van der Waals surface area (Å²) in [7, 11) is 3.21. The van der Waals surface area contributed by atoms with Gasteiger partial charge in [0.1, 0.15) is 41.6 Å². The average Bonchev–Trinajstić information content (AvgIpc) is 3.72. The van der Waals surface area contributed by atoms with Gasteiger partial charge in [0.25, 0.3) is 0 Å². The van der Waals surface area contributed by atoms with Crippen LogP contribution in [0.5, 0.6) is 0 Å². The summed E-state index contributed by atoms with van der Waals surface area (Å²) in [5.74, 6) is -3.91. The summed E-state index contributed by atoms with van der Waals surface area (Å²) < 4.78 is 65.3. The van der Waals surface area contributed by atoms with Gasteiger partial charge in [0, 0.05) is 51.7 Å². The van der Waals surface area contributed by atoms with Crippen molar-refractivity contribution in [3.05, 3.63) is 68.7 Å². The number of aliphatic hydroxyl groups is 2. The Balaban J connectivity index is 1.11. The summed E-state index contributed by atoms with van der Waals surface area (Å²) in [4.78, 5) is 34.1. The molecule has 0 aromatic heterocycles. The molecule has 6 heterocycles. The van der Waals surface area contributed by atoms with E-state index in [2.05, 4.69) is 76.9 Å². The van der Waals surface area contributed by atoms with E-state index in [1.165, 1.54) is 0 Å². The van der Waals surface area contributed by atoms with Crippen LogP contribution in [0.3, 0.4) is 0 Å². The van der Waals surface area contributed by atoms with Crippen LogP contribution in [0.2, 0.25) is 0 Å². The Morgan fingerprint density at radius 3 is 2.36 bits per heavy atom. The molecule has 2 bridgehead atoms. The van der Waals surface area contributed by atoms with E-state index < -0.39 is 109 Å². The zero-order valence-corrected chi connectivity index (χ0v) is 48.1. The van der Waals surface area contributed by atoms with Crippen molar-refractivity contribution in [2.45, 2.75) is 199 Å². The second-order valence-electron chi connectivity index (χ2n) is 22.6. The highest BCUT2D eigenvalue weighted by atomic mass is 79.9. The van der Waals surface area contributed by atoms with E-state index in [4.69, 9.17) is 52.2 Å². The molecular weight excluding hydrogens is 1090 g/mol. The number of carbonyl (C=O) groups is 2. The SMILES string of the molecule is CC[C@H](C)[C@H]1O[C@]2(C=C[C@@H]1C)C[C@@H]1C[C@@H](C/C=C(\C)[C@@H](O[C@H]3C[C@H](OC)[C@@H](O[C@H]4C[C@H](OC)[C@@H](O)[C@H](C)O4)[C@H](C)O3)[C@@H](C)/C=C/C=C3\CO[C@@H]4/C(=N\OC(=O)[C@@H]5[C@H](C=C(Br)Br)C5(C)C)C(C)=C[C@@H](C(=O)O1)[C@]34O)O2. The first-order valence-corrected chi connectivity index (χ1v) is 28.1. The van der Waals surface area contributed by atoms with Crippen molar-refractivity contribution in [3.8, 4) is 0 Å². The molecule has 8 aliphatic rings. The molecule has 0 amide bonds. The lowest BCUT2D eigenvalue weighted by atomic mass is 9.71. The Morgan fingerprint density at radius 1 is 0.959 bits per heavy atom. The van der Waals surface area contributed by atoms with E-state index in [9.17, 15) is 19.8 Å². The molecule has 1 saturated carbocycles. The van der Waals surface area contributed by atoms with Crippen LogP contribution in [0.1, 0.15) is 108 Å². The Kier molecular flexibility index (Phi) is 18.3. The van der Waals surface area contributed by atoms with Gasteiger partial charge in [0.2, 0.25) is 0 Å². The first-order chi connectivity index (χ1) is 35.0. The van der Waals surface area contributed by atoms with Crippen molar-refractivity contribution in [1.29, 1.82) is 0 Å². The minimum atomic E-state index is -1.96. The second kappa shape index (κ2) is 23.5. The van der Waals surface area contributed by atoms with Gasteiger partial charge in [0.05, 0.1) is 58.6 Å². The maximum Gasteiger partial charge on any atom is 0.339 e. The number of esters is 1. The van der Waals surface area contributed by atoms with Gasteiger partial charge < -0.3 is 62.4 Å². The molecule has 2 N–H and O–H groups in total. The zero-order valence-electron chi connectivity index (χ0n) is 44.9. The van der Waals surface area contributed by atoms with Gasteiger partial charge >= 0.3 is 11.9 Å². The van der Waals surface area contributed by atoms with Crippen molar-refractivity contribution in [1.82, 2.24) is 0 Å². The van der Waals surface area contributed by atoms with Gasteiger partial charge in [-0.15, -0.1) is 0 Å². The van der Waals surface area contributed by atoms with Crippen molar-refractivity contribution in [2.75, 3.05) is 20.8 Å². The van der Waals surface area contributed by atoms with E-state index >= 15 is 0 Å².